The molecule has 1 aromatic carbocycles. The van der Waals surface area contributed by atoms with Crippen LogP contribution in [0.5, 0.6) is 0 Å². The van der Waals surface area contributed by atoms with Gasteiger partial charge < -0.3 is 4.74 Å². The molecule has 0 N–H and O–H groups in total. The van der Waals surface area contributed by atoms with Crippen molar-refractivity contribution in [3.63, 3.8) is 0 Å². The van der Waals surface area contributed by atoms with Crippen LogP contribution in [0.1, 0.15) is 15.9 Å². The molecule has 0 saturated carbocycles. The van der Waals surface area contributed by atoms with Crippen LogP contribution < -0.4 is 0 Å². The summed E-state index contributed by atoms with van der Waals surface area (Å²) >= 11 is 1.47. The van der Waals surface area contributed by atoms with Crippen LogP contribution in [0.15, 0.2) is 30.8 Å². The third kappa shape index (κ3) is 2.92. The predicted molar refractivity (Wildman–Crippen MR) is 60.3 cm³/mol. The molecular formula is C11H12O2S. The summed E-state index contributed by atoms with van der Waals surface area (Å²) in [6.45, 7) is 3.64. The lowest BCUT2D eigenvalue weighted by Crippen LogP contribution is -2.04. The Bertz CT molecular complexity index is 317. The molecule has 0 aliphatic carbocycles. The van der Waals surface area contributed by atoms with E-state index in [1.54, 1.807) is 18.2 Å². The van der Waals surface area contributed by atoms with Gasteiger partial charge in [0.25, 0.3) is 0 Å². The minimum absolute atomic E-state index is 0.282. The highest BCUT2D eigenvalue weighted by molar-refractivity contribution is 7.98. The van der Waals surface area contributed by atoms with Gasteiger partial charge in [-0.05, 0) is 24.0 Å². The molecule has 0 heterocycles. The number of thioether (sulfide) groups is 1. The number of esters is 1. The Kier molecular flexibility index (Phi) is 4.26. The molecule has 0 saturated heterocycles. The van der Waals surface area contributed by atoms with Crippen molar-refractivity contribution < 1.29 is 9.53 Å². The van der Waals surface area contributed by atoms with Gasteiger partial charge in [-0.15, -0.1) is 11.8 Å². The van der Waals surface area contributed by atoms with Crippen molar-refractivity contribution in [1.82, 2.24) is 0 Å². The van der Waals surface area contributed by atoms with Crippen LogP contribution in [-0.4, -0.2) is 18.2 Å². The van der Waals surface area contributed by atoms with Gasteiger partial charge in [0.05, 0.1) is 5.56 Å². The summed E-state index contributed by atoms with van der Waals surface area (Å²) in [6.07, 6.45) is 3.62. The second-order valence-corrected chi connectivity index (χ2v) is 3.48. The monoisotopic (exact) mass is 208 g/mol. The lowest BCUT2D eigenvalue weighted by molar-refractivity contribution is 0.0579. The summed E-state index contributed by atoms with van der Waals surface area (Å²) in [4.78, 5) is 11.3. The van der Waals surface area contributed by atoms with E-state index in [0.717, 1.165) is 5.56 Å². The van der Waals surface area contributed by atoms with E-state index in [1.165, 1.54) is 11.8 Å². The van der Waals surface area contributed by atoms with Gasteiger partial charge in [-0.2, -0.15) is 0 Å². The highest BCUT2D eigenvalue weighted by atomic mass is 32.2. The first-order valence-corrected chi connectivity index (χ1v) is 5.56. The molecule has 0 radical (unpaired) electrons. The topological polar surface area (TPSA) is 26.3 Å². The van der Waals surface area contributed by atoms with Crippen molar-refractivity contribution in [2.75, 3.05) is 12.2 Å². The summed E-state index contributed by atoms with van der Waals surface area (Å²) in [5.74, 6) is 0.108. The van der Waals surface area contributed by atoms with Gasteiger partial charge in [-0.3, -0.25) is 0 Å². The van der Waals surface area contributed by atoms with E-state index in [2.05, 4.69) is 6.58 Å². The van der Waals surface area contributed by atoms with Gasteiger partial charge in [-0.25, -0.2) is 4.79 Å². The van der Waals surface area contributed by atoms with E-state index in [1.807, 2.05) is 18.4 Å². The molecule has 0 unspecified atom stereocenters. The van der Waals surface area contributed by atoms with Gasteiger partial charge in [0, 0.05) is 0 Å². The first-order valence-electron chi connectivity index (χ1n) is 4.16. The number of carbonyl (C=O) groups is 1. The van der Waals surface area contributed by atoms with Crippen molar-refractivity contribution in [2.24, 2.45) is 0 Å². The Morgan fingerprint density at radius 3 is 2.64 bits per heavy atom. The van der Waals surface area contributed by atoms with Crippen LogP contribution in [0.4, 0.5) is 0 Å². The van der Waals surface area contributed by atoms with Crippen LogP contribution >= 0.6 is 11.8 Å². The minimum Gasteiger partial charge on any atom is -0.451 e. The highest BCUT2D eigenvalue weighted by Crippen LogP contribution is 2.07. The maximum Gasteiger partial charge on any atom is 0.338 e. The summed E-state index contributed by atoms with van der Waals surface area (Å²) in [6, 6.07) is 7.14. The van der Waals surface area contributed by atoms with Crippen molar-refractivity contribution >= 4 is 23.8 Å². The Morgan fingerprint density at radius 1 is 1.50 bits per heavy atom. The van der Waals surface area contributed by atoms with E-state index in [-0.39, 0.29) is 5.97 Å². The van der Waals surface area contributed by atoms with Crippen LogP contribution in [-0.2, 0) is 4.74 Å². The van der Waals surface area contributed by atoms with E-state index in [4.69, 9.17) is 4.74 Å². The summed E-state index contributed by atoms with van der Waals surface area (Å²) in [7, 11) is 0. The third-order valence-corrected chi connectivity index (χ3v) is 2.04. The fraction of sp³-hybridized carbons (Fsp3) is 0.182. The van der Waals surface area contributed by atoms with Gasteiger partial charge in [0.15, 0.2) is 0 Å². The first-order chi connectivity index (χ1) is 6.77. The molecule has 0 amide bonds. The van der Waals surface area contributed by atoms with Crippen molar-refractivity contribution in [3.8, 4) is 0 Å². The van der Waals surface area contributed by atoms with Crippen LogP contribution in [0, 0.1) is 0 Å². The standard InChI is InChI=1S/C11H12O2S/c1-3-9-4-6-10(7-5-9)11(12)13-8-14-2/h3-7H,1,8H2,2H3. The second kappa shape index (κ2) is 5.50. The molecule has 0 bridgehead atoms. The zero-order valence-corrected chi connectivity index (χ0v) is 8.84. The second-order valence-electron chi connectivity index (χ2n) is 2.66. The Balaban J connectivity index is 2.66. The lowest BCUT2D eigenvalue weighted by atomic mass is 10.1. The van der Waals surface area contributed by atoms with E-state index < -0.39 is 0 Å². The summed E-state index contributed by atoms with van der Waals surface area (Å²) in [5, 5.41) is 0. The Morgan fingerprint density at radius 2 is 2.14 bits per heavy atom. The lowest BCUT2D eigenvalue weighted by Gasteiger charge is -2.02. The maximum atomic E-state index is 11.3. The predicted octanol–water partition coefficient (Wildman–Crippen LogP) is 2.81. The van der Waals surface area contributed by atoms with E-state index in [9.17, 15) is 4.79 Å². The highest BCUT2D eigenvalue weighted by Gasteiger charge is 2.04. The summed E-state index contributed by atoms with van der Waals surface area (Å²) < 4.78 is 4.95. The fourth-order valence-electron chi connectivity index (χ4n) is 0.951. The van der Waals surface area contributed by atoms with Gasteiger partial charge in [0.2, 0.25) is 0 Å². The first kappa shape index (κ1) is 10.9. The van der Waals surface area contributed by atoms with E-state index in [0.29, 0.717) is 11.5 Å². The van der Waals surface area contributed by atoms with Gasteiger partial charge >= 0.3 is 5.97 Å². The number of carbonyl (C=O) groups excluding carboxylic acids is 1. The molecule has 0 aliphatic heterocycles. The zero-order valence-electron chi connectivity index (χ0n) is 8.03. The molecule has 0 atom stereocenters. The molecule has 1 rings (SSSR count). The van der Waals surface area contributed by atoms with Gasteiger partial charge in [-0.1, -0.05) is 24.8 Å². The molecule has 0 aliphatic rings. The smallest absolute Gasteiger partial charge is 0.338 e. The number of hydrogen-bond donors (Lipinski definition) is 0. The zero-order chi connectivity index (χ0) is 10.4. The maximum absolute atomic E-state index is 11.3. The van der Waals surface area contributed by atoms with Crippen LogP contribution in [0.25, 0.3) is 6.08 Å². The number of ether oxygens (including phenoxy) is 1. The molecule has 1 aromatic rings. The Hall–Kier alpha value is -1.22. The molecule has 2 nitrogen and oxygen atoms in total. The average Bonchev–Trinajstić information content (AvgIpc) is 2.26. The fourth-order valence-corrected chi connectivity index (χ4v) is 1.18. The number of hydrogen-bond acceptors (Lipinski definition) is 3. The molecule has 3 heteroatoms. The molecule has 0 fully saturated rings. The van der Waals surface area contributed by atoms with Gasteiger partial charge in [0.1, 0.15) is 5.94 Å². The third-order valence-electron chi connectivity index (χ3n) is 1.69. The summed E-state index contributed by atoms with van der Waals surface area (Å²) in [5.41, 5.74) is 1.57. The van der Waals surface area contributed by atoms with Crippen molar-refractivity contribution in [1.29, 1.82) is 0 Å². The Labute approximate surface area is 88.0 Å². The molecular weight excluding hydrogens is 196 g/mol. The largest absolute Gasteiger partial charge is 0.451 e. The minimum atomic E-state index is -0.282. The van der Waals surface area contributed by atoms with Crippen molar-refractivity contribution in [2.45, 2.75) is 0 Å². The average molecular weight is 208 g/mol. The molecule has 14 heavy (non-hydrogen) atoms. The molecule has 74 valence electrons. The van der Waals surface area contributed by atoms with Crippen molar-refractivity contribution in [3.05, 3.63) is 42.0 Å². The van der Waals surface area contributed by atoms with Crippen LogP contribution in [0.2, 0.25) is 0 Å². The molecule has 0 spiro atoms. The van der Waals surface area contributed by atoms with Crippen LogP contribution in [0.3, 0.4) is 0 Å². The normalized spacial score (nSPS) is 9.50. The molecule has 0 aromatic heterocycles. The quantitative estimate of drug-likeness (QED) is 0.562. The number of rotatable bonds is 4. The van der Waals surface area contributed by atoms with E-state index >= 15 is 0 Å². The number of benzene rings is 1. The SMILES string of the molecule is C=Cc1ccc(C(=O)OCSC)cc1.